The number of rotatable bonds is 8. The number of carbonyl (C=O) groups is 2. The van der Waals surface area contributed by atoms with Gasteiger partial charge >= 0.3 is 5.97 Å². The largest absolute Gasteiger partial charge is 0.462 e. The van der Waals surface area contributed by atoms with Gasteiger partial charge in [0.25, 0.3) is 0 Å². The van der Waals surface area contributed by atoms with Crippen LogP contribution >= 0.6 is 0 Å². The molecule has 0 aromatic heterocycles. The topological polar surface area (TPSA) is 66.8 Å². The molecule has 2 rings (SSSR count). The predicted molar refractivity (Wildman–Crippen MR) is 92.2 cm³/mol. The fraction of sp³-hybridized carbons (Fsp3) is 0.579. The van der Waals surface area contributed by atoms with E-state index in [9.17, 15) is 14.7 Å². The minimum Gasteiger partial charge on any atom is -0.462 e. The zero-order valence-electron chi connectivity index (χ0n) is 14.5. The first-order valence-corrected chi connectivity index (χ1v) is 8.82. The third-order valence-corrected chi connectivity index (χ3v) is 4.43. The summed E-state index contributed by atoms with van der Waals surface area (Å²) in [5.41, 5.74) is 0.954. The summed E-state index contributed by atoms with van der Waals surface area (Å²) in [5, 5.41) is 10.5. The Balaban J connectivity index is 2.17. The monoisotopic (exact) mass is 333 g/mol. The van der Waals surface area contributed by atoms with Gasteiger partial charge in [-0.05, 0) is 51.4 Å². The number of aliphatic hydroxyl groups excluding tert-OH is 1. The summed E-state index contributed by atoms with van der Waals surface area (Å²) in [6.07, 6.45) is 2.90. The number of Topliss-reactive ketones (excluding diaryl/α,β-unsaturated/α-hetero) is 1. The van der Waals surface area contributed by atoms with Crippen LogP contribution in [0, 0.1) is 0 Å². The summed E-state index contributed by atoms with van der Waals surface area (Å²) in [6, 6.07) is 6.02. The lowest BCUT2D eigenvalue weighted by atomic mass is 9.95. The molecule has 1 saturated heterocycles. The molecular weight excluding hydrogens is 306 g/mol. The van der Waals surface area contributed by atoms with Gasteiger partial charge in [0.2, 0.25) is 0 Å². The van der Waals surface area contributed by atoms with E-state index in [0.717, 1.165) is 32.4 Å². The zero-order chi connectivity index (χ0) is 17.5. The van der Waals surface area contributed by atoms with Crippen molar-refractivity contribution in [1.82, 2.24) is 4.90 Å². The molecule has 1 aliphatic heterocycles. The highest BCUT2D eigenvalue weighted by Crippen LogP contribution is 2.21. The highest BCUT2D eigenvalue weighted by atomic mass is 16.5. The molecule has 1 N–H and O–H groups in total. The van der Waals surface area contributed by atoms with Crippen LogP contribution in [-0.2, 0) is 4.74 Å². The fourth-order valence-electron chi connectivity index (χ4n) is 3.21. The molecule has 0 radical (unpaired) electrons. The van der Waals surface area contributed by atoms with E-state index >= 15 is 0 Å². The van der Waals surface area contributed by atoms with E-state index < -0.39 is 18.1 Å². The molecule has 1 fully saturated rings. The van der Waals surface area contributed by atoms with Gasteiger partial charge in [0, 0.05) is 5.56 Å². The molecule has 5 nitrogen and oxygen atoms in total. The van der Waals surface area contributed by atoms with Crippen molar-refractivity contribution < 1.29 is 19.4 Å². The van der Waals surface area contributed by atoms with Crippen LogP contribution in [0.5, 0.6) is 0 Å². The number of ketones is 1. The van der Waals surface area contributed by atoms with Crippen molar-refractivity contribution in [1.29, 1.82) is 0 Å². The first-order valence-electron chi connectivity index (χ1n) is 8.82. The smallest absolute Gasteiger partial charge is 0.338 e. The van der Waals surface area contributed by atoms with E-state index in [1.54, 1.807) is 31.2 Å². The molecule has 1 aromatic rings. The van der Waals surface area contributed by atoms with Gasteiger partial charge in [0.15, 0.2) is 5.78 Å². The molecule has 0 bridgehead atoms. The zero-order valence-corrected chi connectivity index (χ0v) is 14.5. The number of benzene rings is 1. The molecular formula is C19H27NO4. The number of ether oxygens (including phenoxy) is 1. The molecule has 5 heteroatoms. The summed E-state index contributed by atoms with van der Waals surface area (Å²) < 4.78 is 4.96. The van der Waals surface area contributed by atoms with Crippen molar-refractivity contribution in [3.8, 4) is 0 Å². The van der Waals surface area contributed by atoms with Gasteiger partial charge in [0.05, 0.1) is 24.3 Å². The maximum absolute atomic E-state index is 12.9. The summed E-state index contributed by atoms with van der Waals surface area (Å²) in [5.74, 6) is -0.466. The van der Waals surface area contributed by atoms with Crippen molar-refractivity contribution in [2.24, 2.45) is 0 Å². The number of hydrogen-bond donors (Lipinski definition) is 1. The number of nitrogens with zero attached hydrogens (tertiary/aromatic N) is 1. The fourth-order valence-corrected chi connectivity index (χ4v) is 3.21. The predicted octanol–water partition coefficient (Wildman–Crippen LogP) is 2.67. The second-order valence-electron chi connectivity index (χ2n) is 6.21. The Kier molecular flexibility index (Phi) is 6.94. The Hall–Kier alpha value is -1.72. The van der Waals surface area contributed by atoms with Crippen molar-refractivity contribution in [2.45, 2.75) is 51.7 Å². The summed E-state index contributed by atoms with van der Waals surface area (Å²) >= 11 is 0. The van der Waals surface area contributed by atoms with Crippen molar-refractivity contribution >= 4 is 11.8 Å². The summed E-state index contributed by atoms with van der Waals surface area (Å²) in [4.78, 5) is 26.7. The molecule has 1 heterocycles. The van der Waals surface area contributed by atoms with Crippen LogP contribution in [0.3, 0.4) is 0 Å². The minimum absolute atomic E-state index is 0.0757. The number of likely N-dealkylation sites (tertiary alicyclic amines) is 1. The molecule has 2 unspecified atom stereocenters. The van der Waals surface area contributed by atoms with Gasteiger partial charge < -0.3 is 9.84 Å². The molecule has 0 saturated carbocycles. The first-order chi connectivity index (χ1) is 11.6. The second-order valence-corrected chi connectivity index (χ2v) is 6.21. The maximum Gasteiger partial charge on any atom is 0.338 e. The normalized spacial score (nSPS) is 17.5. The Morgan fingerprint density at radius 3 is 2.25 bits per heavy atom. The Labute approximate surface area is 143 Å². The van der Waals surface area contributed by atoms with Crippen LogP contribution in [-0.4, -0.2) is 53.6 Å². The first kappa shape index (κ1) is 18.6. The average molecular weight is 333 g/mol. The third-order valence-electron chi connectivity index (χ3n) is 4.43. The minimum atomic E-state index is -0.662. The molecule has 1 aliphatic rings. The number of aliphatic hydroxyl groups is 1. The van der Waals surface area contributed by atoms with E-state index in [2.05, 4.69) is 4.90 Å². The van der Waals surface area contributed by atoms with Crippen LogP contribution in [0.25, 0.3) is 0 Å². The van der Waals surface area contributed by atoms with Crippen molar-refractivity contribution in [3.63, 3.8) is 0 Å². The summed E-state index contributed by atoms with van der Waals surface area (Å²) in [6.45, 7) is 5.77. The SMILES string of the molecule is CCCC(O)C(C(=O)c1ccc(C(=O)OCC)cc1)N1CCCC1. The van der Waals surface area contributed by atoms with Gasteiger partial charge in [0.1, 0.15) is 0 Å². The molecule has 0 aliphatic carbocycles. The standard InChI is InChI=1S/C19H27NO4/c1-3-7-16(21)17(20-12-5-6-13-20)18(22)14-8-10-15(11-9-14)19(23)24-4-2/h8-11,16-17,21H,3-7,12-13H2,1-2H3. The van der Waals surface area contributed by atoms with Gasteiger partial charge in [-0.2, -0.15) is 0 Å². The Bertz CT molecular complexity index is 549. The maximum atomic E-state index is 12.9. The third kappa shape index (κ3) is 4.42. The molecule has 2 atom stereocenters. The van der Waals surface area contributed by atoms with Crippen LogP contribution in [0.4, 0.5) is 0 Å². The van der Waals surface area contributed by atoms with Crippen molar-refractivity contribution in [2.75, 3.05) is 19.7 Å². The van der Waals surface area contributed by atoms with Gasteiger partial charge in [-0.3, -0.25) is 9.69 Å². The highest BCUT2D eigenvalue weighted by Gasteiger charge is 2.34. The van der Waals surface area contributed by atoms with Gasteiger partial charge in [-0.25, -0.2) is 4.79 Å². The van der Waals surface area contributed by atoms with E-state index in [0.29, 0.717) is 24.2 Å². The second kappa shape index (κ2) is 8.94. The van der Waals surface area contributed by atoms with Gasteiger partial charge in [-0.1, -0.05) is 25.5 Å². The molecule has 0 amide bonds. The van der Waals surface area contributed by atoms with E-state index in [4.69, 9.17) is 4.74 Å². The van der Waals surface area contributed by atoms with Crippen LogP contribution in [0.2, 0.25) is 0 Å². The van der Waals surface area contributed by atoms with Gasteiger partial charge in [-0.15, -0.1) is 0 Å². The number of hydrogen-bond acceptors (Lipinski definition) is 5. The Morgan fingerprint density at radius 2 is 1.71 bits per heavy atom. The molecule has 0 spiro atoms. The summed E-state index contributed by atoms with van der Waals surface area (Å²) in [7, 11) is 0. The number of esters is 1. The van der Waals surface area contributed by atoms with E-state index in [1.165, 1.54) is 0 Å². The lowest BCUT2D eigenvalue weighted by Crippen LogP contribution is -2.47. The Morgan fingerprint density at radius 1 is 1.12 bits per heavy atom. The highest BCUT2D eigenvalue weighted by molar-refractivity contribution is 6.01. The van der Waals surface area contributed by atoms with E-state index in [1.807, 2.05) is 6.92 Å². The van der Waals surface area contributed by atoms with Crippen molar-refractivity contribution in [3.05, 3.63) is 35.4 Å². The van der Waals surface area contributed by atoms with Crippen LogP contribution in [0.1, 0.15) is 60.2 Å². The van der Waals surface area contributed by atoms with E-state index in [-0.39, 0.29) is 5.78 Å². The lowest BCUT2D eigenvalue weighted by Gasteiger charge is -2.30. The quantitative estimate of drug-likeness (QED) is 0.585. The average Bonchev–Trinajstić information content (AvgIpc) is 3.09. The van der Waals surface area contributed by atoms with Crippen LogP contribution in [0.15, 0.2) is 24.3 Å². The molecule has 24 heavy (non-hydrogen) atoms. The van der Waals surface area contributed by atoms with Crippen LogP contribution < -0.4 is 0 Å². The number of carbonyl (C=O) groups excluding carboxylic acids is 2. The molecule has 132 valence electrons. The lowest BCUT2D eigenvalue weighted by molar-refractivity contribution is 0.0440. The molecule has 1 aromatic carbocycles.